The maximum atomic E-state index is 12.9. The van der Waals surface area contributed by atoms with Gasteiger partial charge in [0.05, 0.1) is 17.6 Å². The molecule has 1 amide bonds. The van der Waals surface area contributed by atoms with Crippen molar-refractivity contribution in [2.75, 3.05) is 18.1 Å². The van der Waals surface area contributed by atoms with Gasteiger partial charge in [-0.05, 0) is 55.3 Å². The molecule has 0 saturated carbocycles. The van der Waals surface area contributed by atoms with Gasteiger partial charge >= 0.3 is 0 Å². The quantitative estimate of drug-likeness (QED) is 0.400. The Kier molecular flexibility index (Phi) is 6.55. The van der Waals surface area contributed by atoms with Crippen molar-refractivity contribution >= 4 is 22.6 Å². The monoisotopic (exact) mass is 469 g/mol. The van der Waals surface area contributed by atoms with Crippen LogP contribution >= 0.6 is 0 Å². The summed E-state index contributed by atoms with van der Waals surface area (Å²) in [7, 11) is 0. The van der Waals surface area contributed by atoms with Gasteiger partial charge < -0.3 is 19.3 Å². The zero-order valence-corrected chi connectivity index (χ0v) is 20.2. The van der Waals surface area contributed by atoms with E-state index in [1.165, 1.54) is 5.56 Å². The van der Waals surface area contributed by atoms with Crippen LogP contribution in [-0.2, 0) is 17.8 Å². The van der Waals surface area contributed by atoms with Crippen molar-refractivity contribution in [2.24, 2.45) is 0 Å². The number of nitrogens with zero attached hydrogens (tertiary/aromatic N) is 3. The molecule has 6 nitrogen and oxygen atoms in total. The number of anilines is 1. The molecule has 6 heteroatoms. The van der Waals surface area contributed by atoms with Crippen LogP contribution in [0.1, 0.15) is 36.2 Å². The molecule has 2 atom stereocenters. The highest BCUT2D eigenvalue weighted by Crippen LogP contribution is 2.33. The molecule has 1 aliphatic rings. The molecule has 5 rings (SSSR count). The van der Waals surface area contributed by atoms with Crippen molar-refractivity contribution in [3.63, 3.8) is 0 Å². The second-order valence-corrected chi connectivity index (χ2v) is 9.27. The maximum absolute atomic E-state index is 12.9. The summed E-state index contributed by atoms with van der Waals surface area (Å²) in [5.41, 5.74) is 5.14. The zero-order valence-electron chi connectivity index (χ0n) is 20.2. The third-order valence-electron chi connectivity index (χ3n) is 6.69. The summed E-state index contributed by atoms with van der Waals surface area (Å²) in [5.74, 6) is 1.62. The lowest BCUT2D eigenvalue weighted by molar-refractivity contribution is -0.117. The van der Waals surface area contributed by atoms with Crippen LogP contribution < -0.4 is 9.64 Å². The number of aliphatic hydroxyl groups is 1. The lowest BCUT2D eigenvalue weighted by Gasteiger charge is -2.19. The van der Waals surface area contributed by atoms with E-state index in [0.29, 0.717) is 19.5 Å². The molecule has 0 aliphatic carbocycles. The normalized spacial score (nSPS) is 16.7. The lowest BCUT2D eigenvalue weighted by atomic mass is 10.1. The minimum absolute atomic E-state index is 0.0501. The number of hydrogen-bond donors (Lipinski definition) is 1. The Balaban J connectivity index is 1.35. The van der Waals surface area contributed by atoms with Gasteiger partial charge in [0.2, 0.25) is 5.91 Å². The summed E-state index contributed by atoms with van der Waals surface area (Å²) < 4.78 is 7.90. The molecule has 1 fully saturated rings. The smallest absolute Gasteiger partial charge is 0.227 e. The summed E-state index contributed by atoms with van der Waals surface area (Å²) >= 11 is 0. The van der Waals surface area contributed by atoms with Gasteiger partial charge in [0, 0.05) is 24.6 Å². The number of imidazole rings is 1. The molecule has 0 spiro atoms. The second-order valence-electron chi connectivity index (χ2n) is 9.27. The Hall–Kier alpha value is -3.64. The lowest BCUT2D eigenvalue weighted by Crippen LogP contribution is -2.26. The Morgan fingerprint density at radius 3 is 2.54 bits per heavy atom. The second kappa shape index (κ2) is 9.92. The van der Waals surface area contributed by atoms with E-state index in [0.717, 1.165) is 40.3 Å². The first-order valence-corrected chi connectivity index (χ1v) is 12.2. The number of carbonyl (C=O) groups excluding carboxylic acids is 1. The predicted molar refractivity (Wildman–Crippen MR) is 138 cm³/mol. The van der Waals surface area contributed by atoms with E-state index in [9.17, 15) is 9.90 Å². The molecule has 2 heterocycles. The van der Waals surface area contributed by atoms with E-state index in [-0.39, 0.29) is 18.4 Å². The van der Waals surface area contributed by atoms with Crippen LogP contribution in [0.4, 0.5) is 5.69 Å². The van der Waals surface area contributed by atoms with Gasteiger partial charge in [-0.3, -0.25) is 4.79 Å². The molecule has 35 heavy (non-hydrogen) atoms. The van der Waals surface area contributed by atoms with Crippen LogP contribution in [0.15, 0.2) is 72.8 Å². The number of rotatable bonds is 8. The van der Waals surface area contributed by atoms with Crippen LogP contribution in [0.2, 0.25) is 0 Å². The molecular formula is C29H31N3O3. The number of amides is 1. The number of ether oxygens (including phenoxy) is 1. The third kappa shape index (κ3) is 4.93. The highest BCUT2D eigenvalue weighted by molar-refractivity contribution is 5.96. The highest BCUT2D eigenvalue weighted by Gasteiger charge is 2.35. The van der Waals surface area contributed by atoms with E-state index < -0.39 is 6.10 Å². The molecule has 180 valence electrons. The van der Waals surface area contributed by atoms with Crippen LogP contribution in [0.3, 0.4) is 0 Å². The highest BCUT2D eigenvalue weighted by atomic mass is 16.5. The van der Waals surface area contributed by atoms with Crippen molar-refractivity contribution in [1.82, 2.24) is 9.55 Å². The molecule has 1 aromatic heterocycles. The fraction of sp³-hybridized carbons (Fsp3) is 0.310. The number of aromatic nitrogens is 2. The Morgan fingerprint density at radius 2 is 1.80 bits per heavy atom. The van der Waals surface area contributed by atoms with E-state index in [1.807, 2.05) is 84.6 Å². The van der Waals surface area contributed by atoms with Crippen LogP contribution in [-0.4, -0.2) is 39.8 Å². The molecule has 0 radical (unpaired) electrons. The number of fused-ring (bicyclic) bond motifs is 1. The minimum atomic E-state index is -0.720. The molecule has 0 unspecified atom stereocenters. The predicted octanol–water partition coefficient (Wildman–Crippen LogP) is 4.87. The fourth-order valence-corrected chi connectivity index (χ4v) is 4.73. The number of aliphatic hydroxyl groups excluding tert-OH is 1. The van der Waals surface area contributed by atoms with Crippen molar-refractivity contribution in [1.29, 1.82) is 0 Å². The molecular weight excluding hydrogens is 438 g/mol. The number of para-hydroxylation sites is 2. The van der Waals surface area contributed by atoms with E-state index in [2.05, 4.69) is 11.5 Å². The maximum Gasteiger partial charge on any atom is 0.227 e. The minimum Gasteiger partial charge on any atom is -0.491 e. The first kappa shape index (κ1) is 23.1. The topological polar surface area (TPSA) is 67.6 Å². The largest absolute Gasteiger partial charge is 0.491 e. The molecule has 1 saturated heterocycles. The standard InChI is InChI=1S/C29H31N3O3/c1-3-21-10-14-25(15-11-21)35-19-24(33)18-32-27-7-5-4-6-26(27)30-29(32)22-16-28(34)31(17-22)23-12-8-20(2)9-13-23/h4-15,22,24,33H,3,16-19H2,1-2H3/t22-,24-/m1/s1. The molecule has 4 aromatic rings. The van der Waals surface area contributed by atoms with Crippen molar-refractivity contribution in [3.8, 4) is 5.75 Å². The van der Waals surface area contributed by atoms with Crippen molar-refractivity contribution < 1.29 is 14.6 Å². The van der Waals surface area contributed by atoms with Gasteiger partial charge in [-0.2, -0.15) is 0 Å². The summed E-state index contributed by atoms with van der Waals surface area (Å²) in [6.07, 6.45) is 0.653. The van der Waals surface area contributed by atoms with Crippen LogP contribution in [0.25, 0.3) is 11.0 Å². The molecule has 0 bridgehead atoms. The van der Waals surface area contributed by atoms with Gasteiger partial charge in [0.25, 0.3) is 0 Å². The number of hydrogen-bond acceptors (Lipinski definition) is 4. The Morgan fingerprint density at radius 1 is 1.06 bits per heavy atom. The zero-order chi connectivity index (χ0) is 24.4. The molecule has 3 aromatic carbocycles. The average molecular weight is 470 g/mol. The van der Waals surface area contributed by atoms with Crippen molar-refractivity contribution in [2.45, 2.75) is 45.3 Å². The van der Waals surface area contributed by atoms with Gasteiger partial charge in [-0.15, -0.1) is 0 Å². The Bertz CT molecular complexity index is 1310. The molecule has 1 N–H and O–H groups in total. The number of carbonyl (C=O) groups is 1. The van der Waals surface area contributed by atoms with E-state index >= 15 is 0 Å². The molecule has 1 aliphatic heterocycles. The number of aryl methyl sites for hydroxylation is 2. The van der Waals surface area contributed by atoms with E-state index in [1.54, 1.807) is 0 Å². The van der Waals surface area contributed by atoms with Gasteiger partial charge in [0.1, 0.15) is 24.3 Å². The van der Waals surface area contributed by atoms with Gasteiger partial charge in [0.15, 0.2) is 0 Å². The average Bonchev–Trinajstić information content (AvgIpc) is 3.44. The summed E-state index contributed by atoms with van der Waals surface area (Å²) in [6.45, 7) is 5.25. The summed E-state index contributed by atoms with van der Waals surface area (Å²) in [6, 6.07) is 23.9. The summed E-state index contributed by atoms with van der Waals surface area (Å²) in [4.78, 5) is 19.7. The Labute approximate surface area is 205 Å². The third-order valence-corrected chi connectivity index (χ3v) is 6.69. The van der Waals surface area contributed by atoms with Gasteiger partial charge in [-0.25, -0.2) is 4.98 Å². The first-order chi connectivity index (χ1) is 17.0. The van der Waals surface area contributed by atoms with Crippen molar-refractivity contribution in [3.05, 3.63) is 89.7 Å². The first-order valence-electron chi connectivity index (χ1n) is 12.2. The summed E-state index contributed by atoms with van der Waals surface area (Å²) in [5, 5.41) is 10.9. The van der Waals surface area contributed by atoms with Crippen LogP contribution in [0.5, 0.6) is 5.75 Å². The van der Waals surface area contributed by atoms with Gasteiger partial charge in [-0.1, -0.05) is 48.9 Å². The fourth-order valence-electron chi connectivity index (χ4n) is 4.73. The van der Waals surface area contributed by atoms with Crippen LogP contribution in [0, 0.1) is 6.92 Å². The SMILES string of the molecule is CCc1ccc(OC[C@H](O)Cn2c([C@@H]3CC(=O)N(c4ccc(C)cc4)C3)nc3ccccc32)cc1. The number of benzene rings is 3. The van der Waals surface area contributed by atoms with E-state index in [4.69, 9.17) is 9.72 Å².